The van der Waals surface area contributed by atoms with Gasteiger partial charge in [-0.3, -0.25) is 4.79 Å². The maximum atomic E-state index is 13.0. The van der Waals surface area contributed by atoms with Crippen LogP contribution in [-0.4, -0.2) is 10.9 Å². The average Bonchev–Trinajstić information content (AvgIpc) is 2.13. The first-order valence-electron chi connectivity index (χ1n) is 4.24. The lowest BCUT2D eigenvalue weighted by molar-refractivity contribution is -0.118. The van der Waals surface area contributed by atoms with Gasteiger partial charge in [-0.25, -0.2) is 0 Å². The Bertz CT molecular complexity index is 393. The SMILES string of the molecule is CC(C)C(=O)Nc1cc(F)nc(F)c1F. The number of rotatable bonds is 2. The number of nitrogens with one attached hydrogen (secondary N) is 1. The molecule has 0 unspecified atom stereocenters. The van der Waals surface area contributed by atoms with Crippen molar-refractivity contribution >= 4 is 11.6 Å². The van der Waals surface area contributed by atoms with Gasteiger partial charge in [-0.05, 0) is 0 Å². The van der Waals surface area contributed by atoms with Crippen molar-refractivity contribution in [2.75, 3.05) is 5.32 Å². The van der Waals surface area contributed by atoms with Gasteiger partial charge in [-0.15, -0.1) is 0 Å². The van der Waals surface area contributed by atoms with Gasteiger partial charge in [0.2, 0.25) is 17.7 Å². The molecular weight excluding hydrogens is 209 g/mol. The van der Waals surface area contributed by atoms with Crippen LogP contribution in [-0.2, 0) is 4.79 Å². The lowest BCUT2D eigenvalue weighted by Gasteiger charge is -2.08. The van der Waals surface area contributed by atoms with E-state index >= 15 is 0 Å². The second-order valence-electron chi connectivity index (χ2n) is 3.24. The molecule has 1 N–H and O–H groups in total. The van der Waals surface area contributed by atoms with E-state index in [9.17, 15) is 18.0 Å². The van der Waals surface area contributed by atoms with Gasteiger partial charge in [0.15, 0.2) is 0 Å². The monoisotopic (exact) mass is 218 g/mol. The first-order chi connectivity index (χ1) is 6.91. The van der Waals surface area contributed by atoms with E-state index in [4.69, 9.17) is 0 Å². The molecule has 1 aromatic rings. The van der Waals surface area contributed by atoms with Crippen molar-refractivity contribution in [3.05, 3.63) is 23.8 Å². The predicted octanol–water partition coefficient (Wildman–Crippen LogP) is 2.09. The number of amides is 1. The highest BCUT2D eigenvalue weighted by Gasteiger charge is 2.16. The van der Waals surface area contributed by atoms with Crippen LogP contribution < -0.4 is 5.32 Å². The van der Waals surface area contributed by atoms with Crippen LogP contribution in [0.3, 0.4) is 0 Å². The average molecular weight is 218 g/mol. The molecule has 1 heterocycles. The quantitative estimate of drug-likeness (QED) is 0.772. The molecule has 1 amide bonds. The van der Waals surface area contributed by atoms with Gasteiger partial charge in [-0.2, -0.15) is 18.2 Å². The van der Waals surface area contributed by atoms with Gasteiger partial charge < -0.3 is 5.32 Å². The van der Waals surface area contributed by atoms with E-state index in [2.05, 4.69) is 10.3 Å². The van der Waals surface area contributed by atoms with Crippen LogP contribution in [0.4, 0.5) is 18.9 Å². The van der Waals surface area contributed by atoms with E-state index in [1.807, 2.05) is 0 Å². The summed E-state index contributed by atoms with van der Waals surface area (Å²) in [6.45, 7) is 3.14. The molecule has 1 aromatic heterocycles. The normalized spacial score (nSPS) is 10.5. The zero-order valence-corrected chi connectivity index (χ0v) is 8.14. The molecule has 0 fully saturated rings. The van der Waals surface area contributed by atoms with Gasteiger partial charge >= 0.3 is 0 Å². The summed E-state index contributed by atoms with van der Waals surface area (Å²) in [5.74, 6) is -5.07. The van der Waals surface area contributed by atoms with Crippen molar-refractivity contribution in [3.63, 3.8) is 0 Å². The van der Waals surface area contributed by atoms with E-state index in [1.165, 1.54) is 0 Å². The van der Waals surface area contributed by atoms with Crippen molar-refractivity contribution < 1.29 is 18.0 Å². The van der Waals surface area contributed by atoms with Crippen molar-refractivity contribution in [2.45, 2.75) is 13.8 Å². The summed E-state index contributed by atoms with van der Waals surface area (Å²) >= 11 is 0. The van der Waals surface area contributed by atoms with E-state index in [0.29, 0.717) is 6.07 Å². The Morgan fingerprint density at radius 3 is 2.53 bits per heavy atom. The molecule has 3 nitrogen and oxygen atoms in total. The number of nitrogens with zero attached hydrogens (tertiary/aromatic N) is 1. The highest BCUT2D eigenvalue weighted by atomic mass is 19.2. The third-order valence-corrected chi connectivity index (χ3v) is 1.67. The molecule has 0 aliphatic rings. The molecule has 0 saturated heterocycles. The van der Waals surface area contributed by atoms with Gasteiger partial charge in [0, 0.05) is 12.0 Å². The standard InChI is InChI=1S/C9H9F3N2O/c1-4(2)9(15)13-5-3-6(10)14-8(12)7(5)11/h3-4H,1-2H3,(H,13,14,15). The number of pyridine rings is 1. The number of hydrogen-bond donors (Lipinski definition) is 1. The first kappa shape index (κ1) is 11.5. The highest BCUT2D eigenvalue weighted by Crippen LogP contribution is 2.17. The molecule has 0 radical (unpaired) electrons. The summed E-state index contributed by atoms with van der Waals surface area (Å²) < 4.78 is 38.2. The van der Waals surface area contributed by atoms with Crippen LogP contribution in [0.5, 0.6) is 0 Å². The Hall–Kier alpha value is -1.59. The minimum atomic E-state index is -1.57. The van der Waals surface area contributed by atoms with Crippen molar-refractivity contribution in [3.8, 4) is 0 Å². The van der Waals surface area contributed by atoms with E-state index in [0.717, 1.165) is 0 Å². The smallest absolute Gasteiger partial charge is 0.253 e. The Morgan fingerprint density at radius 1 is 1.40 bits per heavy atom. The zero-order chi connectivity index (χ0) is 11.6. The van der Waals surface area contributed by atoms with Crippen LogP contribution >= 0.6 is 0 Å². The molecule has 1 rings (SSSR count). The molecule has 82 valence electrons. The Kier molecular flexibility index (Phi) is 3.28. The van der Waals surface area contributed by atoms with Crippen LogP contribution in [0, 0.1) is 23.6 Å². The molecule has 0 atom stereocenters. The summed E-state index contributed by atoms with van der Waals surface area (Å²) in [6, 6.07) is 0.624. The third kappa shape index (κ3) is 2.68. The fourth-order valence-corrected chi connectivity index (χ4v) is 0.837. The summed E-state index contributed by atoms with van der Waals surface area (Å²) in [5.41, 5.74) is -0.543. The number of carbonyl (C=O) groups excluding carboxylic acids is 1. The van der Waals surface area contributed by atoms with Gasteiger partial charge in [0.25, 0.3) is 5.95 Å². The van der Waals surface area contributed by atoms with Gasteiger partial charge in [-0.1, -0.05) is 13.8 Å². The predicted molar refractivity (Wildman–Crippen MR) is 47.6 cm³/mol. The lowest BCUT2D eigenvalue weighted by atomic mass is 10.2. The van der Waals surface area contributed by atoms with Crippen molar-refractivity contribution in [1.82, 2.24) is 4.98 Å². The summed E-state index contributed by atoms with van der Waals surface area (Å²) in [7, 11) is 0. The summed E-state index contributed by atoms with van der Waals surface area (Å²) in [6.07, 6.45) is 0. The first-order valence-corrected chi connectivity index (χ1v) is 4.24. The largest absolute Gasteiger partial charge is 0.323 e. The second-order valence-corrected chi connectivity index (χ2v) is 3.24. The molecular formula is C9H9F3N2O. The second kappa shape index (κ2) is 4.29. The topological polar surface area (TPSA) is 42.0 Å². The number of carbonyl (C=O) groups is 1. The van der Waals surface area contributed by atoms with Gasteiger partial charge in [0.1, 0.15) is 0 Å². The number of halogens is 3. The van der Waals surface area contributed by atoms with E-state index in [-0.39, 0.29) is 0 Å². The van der Waals surface area contributed by atoms with Crippen LogP contribution in [0.25, 0.3) is 0 Å². The van der Waals surface area contributed by atoms with Crippen molar-refractivity contribution in [2.24, 2.45) is 5.92 Å². The third-order valence-electron chi connectivity index (χ3n) is 1.67. The maximum absolute atomic E-state index is 13.0. The molecule has 0 aromatic carbocycles. The number of hydrogen-bond acceptors (Lipinski definition) is 2. The fraction of sp³-hybridized carbons (Fsp3) is 0.333. The summed E-state index contributed by atoms with van der Waals surface area (Å²) in [5, 5.41) is 2.06. The van der Waals surface area contributed by atoms with E-state index in [1.54, 1.807) is 13.8 Å². The van der Waals surface area contributed by atoms with Crippen LogP contribution in [0.15, 0.2) is 6.07 Å². The number of aromatic nitrogens is 1. The zero-order valence-electron chi connectivity index (χ0n) is 8.14. The summed E-state index contributed by atoms with van der Waals surface area (Å²) in [4.78, 5) is 13.8. The molecule has 0 bridgehead atoms. The molecule has 0 spiro atoms. The van der Waals surface area contributed by atoms with E-state index < -0.39 is 35.2 Å². The molecule has 15 heavy (non-hydrogen) atoms. The lowest BCUT2D eigenvalue weighted by Crippen LogP contribution is -2.19. The van der Waals surface area contributed by atoms with Crippen LogP contribution in [0.1, 0.15) is 13.8 Å². The van der Waals surface area contributed by atoms with Crippen LogP contribution in [0.2, 0.25) is 0 Å². The Morgan fingerprint density at radius 2 is 2.00 bits per heavy atom. The molecule has 6 heteroatoms. The Balaban J connectivity index is 2.99. The fourth-order valence-electron chi connectivity index (χ4n) is 0.837. The van der Waals surface area contributed by atoms with Gasteiger partial charge in [0.05, 0.1) is 5.69 Å². The van der Waals surface area contributed by atoms with Crippen molar-refractivity contribution in [1.29, 1.82) is 0 Å². The molecule has 0 aliphatic carbocycles. The maximum Gasteiger partial charge on any atom is 0.253 e. The number of anilines is 1. The minimum Gasteiger partial charge on any atom is -0.323 e. The Labute approximate surface area is 84.3 Å². The molecule has 0 saturated carbocycles. The highest BCUT2D eigenvalue weighted by molar-refractivity contribution is 5.92. The minimum absolute atomic E-state index is 0.413. The molecule has 0 aliphatic heterocycles.